The van der Waals surface area contributed by atoms with E-state index in [2.05, 4.69) is 4.72 Å². The molecule has 108 valence electrons. The molecule has 4 nitrogen and oxygen atoms in total. The monoisotopic (exact) mass is 416 g/mol. The molecule has 2 rings (SSSR count). The first-order chi connectivity index (χ1) is 9.83. The number of aryl methyl sites for hydroxylation is 1. The highest BCUT2D eigenvalue weighted by atomic mass is 127. The van der Waals surface area contributed by atoms with Crippen molar-refractivity contribution < 1.29 is 12.8 Å². The number of hydrogen-bond donors (Lipinski definition) is 1. The van der Waals surface area contributed by atoms with Gasteiger partial charge in [-0.15, -0.1) is 0 Å². The fraction of sp³-hybridized carbons (Fsp3) is 0.0714. The largest absolute Gasteiger partial charge is 0.278 e. The Balaban J connectivity index is 2.40. The fourth-order valence-electron chi connectivity index (χ4n) is 1.63. The zero-order valence-corrected chi connectivity index (χ0v) is 13.9. The maximum absolute atomic E-state index is 13.6. The van der Waals surface area contributed by atoms with Gasteiger partial charge < -0.3 is 0 Å². The lowest BCUT2D eigenvalue weighted by molar-refractivity contribution is 0.601. The lowest BCUT2D eigenvalue weighted by atomic mass is 10.2. The summed E-state index contributed by atoms with van der Waals surface area (Å²) >= 11 is 1.85. The van der Waals surface area contributed by atoms with Gasteiger partial charge in [0.15, 0.2) is 0 Å². The summed E-state index contributed by atoms with van der Waals surface area (Å²) in [7, 11) is -3.79. The molecule has 2 aromatic carbocycles. The van der Waals surface area contributed by atoms with Gasteiger partial charge in [0.1, 0.15) is 11.9 Å². The van der Waals surface area contributed by atoms with Crippen LogP contribution in [0.25, 0.3) is 0 Å². The summed E-state index contributed by atoms with van der Waals surface area (Å²) in [5.41, 5.74) is 0.915. The van der Waals surface area contributed by atoms with Crippen molar-refractivity contribution in [2.45, 2.75) is 11.8 Å². The van der Waals surface area contributed by atoms with Crippen LogP contribution in [0.1, 0.15) is 11.1 Å². The Morgan fingerprint density at radius 3 is 2.43 bits per heavy atom. The molecule has 0 unspecified atom stereocenters. The van der Waals surface area contributed by atoms with Crippen molar-refractivity contribution in [3.63, 3.8) is 0 Å². The predicted molar refractivity (Wildman–Crippen MR) is 85.8 cm³/mol. The summed E-state index contributed by atoms with van der Waals surface area (Å²) in [6.45, 7) is 1.85. The van der Waals surface area contributed by atoms with E-state index in [1.807, 2.05) is 29.5 Å². The van der Waals surface area contributed by atoms with Gasteiger partial charge in [0.25, 0.3) is 10.0 Å². The minimum Gasteiger partial charge on any atom is -0.278 e. The van der Waals surface area contributed by atoms with Crippen LogP contribution in [0.5, 0.6) is 0 Å². The van der Waals surface area contributed by atoms with Crippen LogP contribution in [0.4, 0.5) is 10.1 Å². The zero-order valence-electron chi connectivity index (χ0n) is 10.9. The van der Waals surface area contributed by atoms with E-state index in [4.69, 9.17) is 5.26 Å². The number of halogens is 2. The average molecular weight is 416 g/mol. The average Bonchev–Trinajstić information content (AvgIpc) is 2.42. The van der Waals surface area contributed by atoms with E-state index in [0.29, 0.717) is 3.57 Å². The number of nitrogens with one attached hydrogen (secondary N) is 1. The van der Waals surface area contributed by atoms with Crippen LogP contribution in [0.15, 0.2) is 41.3 Å². The standard InChI is InChI=1S/C14H10FIN2O2S/c1-9-2-4-11(5-3-9)21(19,20)18-14-7-12(15)10(8-17)6-13(14)16/h2-7,18H,1H3. The highest BCUT2D eigenvalue weighted by molar-refractivity contribution is 14.1. The van der Waals surface area contributed by atoms with Crippen molar-refractivity contribution >= 4 is 38.3 Å². The van der Waals surface area contributed by atoms with Gasteiger partial charge in [-0.2, -0.15) is 5.26 Å². The van der Waals surface area contributed by atoms with Gasteiger partial charge in [-0.25, -0.2) is 12.8 Å². The summed E-state index contributed by atoms with van der Waals surface area (Å²) in [5, 5.41) is 8.74. The Labute approximate surface area is 135 Å². The number of hydrogen-bond acceptors (Lipinski definition) is 3. The number of benzene rings is 2. The topological polar surface area (TPSA) is 70.0 Å². The smallest absolute Gasteiger partial charge is 0.261 e. The van der Waals surface area contributed by atoms with Crippen LogP contribution in [0.3, 0.4) is 0 Å². The summed E-state index contributed by atoms with van der Waals surface area (Å²) in [5.74, 6) is -0.764. The second-order valence-electron chi connectivity index (χ2n) is 4.34. The third kappa shape index (κ3) is 3.51. The fourth-order valence-corrected chi connectivity index (χ4v) is 3.49. The molecule has 0 aliphatic carbocycles. The van der Waals surface area contributed by atoms with Gasteiger partial charge in [-0.1, -0.05) is 17.7 Å². The van der Waals surface area contributed by atoms with Crippen LogP contribution >= 0.6 is 22.6 Å². The maximum Gasteiger partial charge on any atom is 0.261 e. The van der Waals surface area contributed by atoms with Gasteiger partial charge in [0.2, 0.25) is 0 Å². The first-order valence-electron chi connectivity index (χ1n) is 5.82. The van der Waals surface area contributed by atoms with E-state index < -0.39 is 15.8 Å². The van der Waals surface area contributed by atoms with E-state index in [0.717, 1.165) is 11.6 Å². The molecule has 0 aliphatic heterocycles. The molecule has 7 heteroatoms. The highest BCUT2D eigenvalue weighted by Gasteiger charge is 2.17. The molecule has 0 aromatic heterocycles. The normalized spacial score (nSPS) is 11.0. The Morgan fingerprint density at radius 2 is 1.86 bits per heavy atom. The van der Waals surface area contributed by atoms with E-state index in [9.17, 15) is 12.8 Å². The molecule has 2 aromatic rings. The first kappa shape index (κ1) is 15.7. The number of sulfonamides is 1. The Kier molecular flexibility index (Phi) is 4.49. The summed E-state index contributed by atoms with van der Waals surface area (Å²) < 4.78 is 40.8. The molecular weight excluding hydrogens is 406 g/mol. The van der Waals surface area contributed by atoms with Crippen molar-refractivity contribution in [2.24, 2.45) is 0 Å². The molecule has 0 spiro atoms. The van der Waals surface area contributed by atoms with Crippen LogP contribution in [-0.4, -0.2) is 8.42 Å². The van der Waals surface area contributed by atoms with Gasteiger partial charge in [-0.3, -0.25) is 4.72 Å². The van der Waals surface area contributed by atoms with E-state index in [1.165, 1.54) is 18.2 Å². The Morgan fingerprint density at radius 1 is 1.24 bits per heavy atom. The maximum atomic E-state index is 13.6. The van der Waals surface area contributed by atoms with Crippen LogP contribution in [0, 0.1) is 27.6 Å². The summed E-state index contributed by atoms with van der Waals surface area (Å²) in [4.78, 5) is 0.0914. The van der Waals surface area contributed by atoms with E-state index >= 15 is 0 Å². The van der Waals surface area contributed by atoms with Crippen LogP contribution in [-0.2, 0) is 10.0 Å². The molecule has 0 radical (unpaired) electrons. The molecule has 0 heterocycles. The Bertz CT molecular complexity index is 827. The van der Waals surface area contributed by atoms with E-state index in [-0.39, 0.29) is 16.1 Å². The molecule has 0 aliphatic rings. The molecule has 0 saturated carbocycles. The van der Waals surface area contributed by atoms with Gasteiger partial charge in [0, 0.05) is 9.64 Å². The quantitative estimate of drug-likeness (QED) is 0.780. The van der Waals surface area contributed by atoms with Gasteiger partial charge >= 0.3 is 0 Å². The molecule has 21 heavy (non-hydrogen) atoms. The van der Waals surface area contributed by atoms with Gasteiger partial charge in [-0.05, 0) is 47.7 Å². The summed E-state index contributed by atoms with van der Waals surface area (Å²) in [6, 6.07) is 10.3. The number of nitriles is 1. The third-order valence-electron chi connectivity index (χ3n) is 2.75. The second kappa shape index (κ2) is 5.99. The minimum atomic E-state index is -3.79. The third-order valence-corrected chi connectivity index (χ3v) is 5.03. The van der Waals surface area contributed by atoms with E-state index in [1.54, 1.807) is 18.2 Å². The predicted octanol–water partition coefficient (Wildman–Crippen LogP) is 3.41. The molecule has 0 fully saturated rings. The van der Waals surface area contributed by atoms with Crippen molar-refractivity contribution in [2.75, 3.05) is 4.72 Å². The molecule has 0 bridgehead atoms. The lowest BCUT2D eigenvalue weighted by Gasteiger charge is -2.10. The molecule has 0 atom stereocenters. The minimum absolute atomic E-state index is 0.0914. The van der Waals surface area contributed by atoms with Crippen LogP contribution in [0.2, 0.25) is 0 Å². The van der Waals surface area contributed by atoms with Crippen molar-refractivity contribution in [1.82, 2.24) is 0 Å². The number of rotatable bonds is 3. The highest BCUT2D eigenvalue weighted by Crippen LogP contribution is 2.25. The zero-order chi connectivity index (χ0) is 15.6. The summed E-state index contributed by atoms with van der Waals surface area (Å²) in [6.07, 6.45) is 0. The van der Waals surface area contributed by atoms with Crippen molar-refractivity contribution in [3.05, 3.63) is 56.9 Å². The second-order valence-corrected chi connectivity index (χ2v) is 7.19. The first-order valence-corrected chi connectivity index (χ1v) is 8.38. The molecule has 0 amide bonds. The lowest BCUT2D eigenvalue weighted by Crippen LogP contribution is -2.14. The van der Waals surface area contributed by atoms with Crippen molar-refractivity contribution in [3.8, 4) is 6.07 Å². The Hall–Kier alpha value is -1.66. The molecule has 1 N–H and O–H groups in total. The van der Waals surface area contributed by atoms with Crippen LogP contribution < -0.4 is 4.72 Å². The van der Waals surface area contributed by atoms with Gasteiger partial charge in [0.05, 0.1) is 16.1 Å². The number of anilines is 1. The molecular formula is C14H10FIN2O2S. The van der Waals surface area contributed by atoms with Crippen molar-refractivity contribution in [1.29, 1.82) is 5.26 Å². The number of nitrogens with zero attached hydrogens (tertiary/aromatic N) is 1. The molecule has 0 saturated heterocycles. The SMILES string of the molecule is Cc1ccc(S(=O)(=O)Nc2cc(F)c(C#N)cc2I)cc1.